The SMILES string of the molecule is Cc1cc(N)ccc1Nc1ccc(Cl)c2cccnc12. The van der Waals surface area contributed by atoms with E-state index in [9.17, 15) is 0 Å². The Hall–Kier alpha value is -2.26. The van der Waals surface area contributed by atoms with Gasteiger partial charge in [-0.15, -0.1) is 0 Å². The number of aryl methyl sites for hydroxylation is 1. The fourth-order valence-electron chi connectivity index (χ4n) is 2.21. The van der Waals surface area contributed by atoms with Crippen molar-refractivity contribution in [3.63, 3.8) is 0 Å². The summed E-state index contributed by atoms with van der Waals surface area (Å²) in [5.41, 5.74) is 10.4. The highest BCUT2D eigenvalue weighted by molar-refractivity contribution is 6.35. The molecule has 20 heavy (non-hydrogen) atoms. The molecular formula is C16H14ClN3. The lowest BCUT2D eigenvalue weighted by Gasteiger charge is -2.12. The lowest BCUT2D eigenvalue weighted by atomic mass is 10.1. The van der Waals surface area contributed by atoms with Crippen molar-refractivity contribution in [2.24, 2.45) is 0 Å². The molecule has 0 atom stereocenters. The molecule has 0 aliphatic heterocycles. The van der Waals surface area contributed by atoms with Crippen molar-refractivity contribution in [2.45, 2.75) is 6.92 Å². The number of nitrogens with two attached hydrogens (primary N) is 1. The molecule has 0 saturated carbocycles. The molecule has 0 amide bonds. The van der Waals surface area contributed by atoms with Crippen LogP contribution >= 0.6 is 11.6 Å². The standard InChI is InChI=1S/C16H14ClN3/c1-10-9-11(18)4-6-14(10)20-15-7-5-13(17)12-3-2-8-19-16(12)15/h2-9,20H,18H2,1H3. The van der Waals surface area contributed by atoms with E-state index in [1.54, 1.807) is 6.20 Å². The van der Waals surface area contributed by atoms with Gasteiger partial charge in [-0.25, -0.2) is 0 Å². The van der Waals surface area contributed by atoms with E-state index in [4.69, 9.17) is 17.3 Å². The average Bonchev–Trinajstić information content (AvgIpc) is 2.45. The second-order valence-electron chi connectivity index (χ2n) is 4.69. The van der Waals surface area contributed by atoms with Gasteiger partial charge in [0.25, 0.3) is 0 Å². The summed E-state index contributed by atoms with van der Waals surface area (Å²) < 4.78 is 0. The van der Waals surface area contributed by atoms with Crippen molar-refractivity contribution >= 4 is 39.6 Å². The summed E-state index contributed by atoms with van der Waals surface area (Å²) in [5, 5.41) is 5.03. The van der Waals surface area contributed by atoms with Crippen LogP contribution < -0.4 is 11.1 Å². The number of hydrogen-bond donors (Lipinski definition) is 2. The zero-order valence-corrected chi connectivity index (χ0v) is 11.8. The Morgan fingerprint density at radius 1 is 1.10 bits per heavy atom. The molecule has 0 aliphatic carbocycles. The summed E-state index contributed by atoms with van der Waals surface area (Å²) in [5.74, 6) is 0. The average molecular weight is 284 g/mol. The third kappa shape index (κ3) is 2.28. The summed E-state index contributed by atoms with van der Waals surface area (Å²) in [6.07, 6.45) is 1.76. The van der Waals surface area contributed by atoms with Gasteiger partial charge in [-0.2, -0.15) is 0 Å². The van der Waals surface area contributed by atoms with Crippen molar-refractivity contribution in [2.75, 3.05) is 11.1 Å². The molecule has 3 N–H and O–H groups in total. The topological polar surface area (TPSA) is 50.9 Å². The molecule has 1 aromatic heterocycles. The minimum absolute atomic E-state index is 0.702. The van der Waals surface area contributed by atoms with Crippen molar-refractivity contribution in [1.82, 2.24) is 4.98 Å². The first kappa shape index (κ1) is 12.8. The Balaban J connectivity index is 2.09. The molecule has 0 fully saturated rings. The third-order valence-corrected chi connectivity index (χ3v) is 3.57. The maximum atomic E-state index is 6.20. The van der Waals surface area contributed by atoms with Gasteiger partial charge in [0.05, 0.1) is 16.2 Å². The zero-order chi connectivity index (χ0) is 14.1. The summed E-state index contributed by atoms with van der Waals surface area (Å²) >= 11 is 6.20. The van der Waals surface area contributed by atoms with Gasteiger partial charge >= 0.3 is 0 Å². The smallest absolute Gasteiger partial charge is 0.0951 e. The number of benzene rings is 2. The van der Waals surface area contributed by atoms with Gasteiger partial charge in [0, 0.05) is 23.0 Å². The van der Waals surface area contributed by atoms with E-state index in [2.05, 4.69) is 10.3 Å². The number of nitrogens with zero attached hydrogens (tertiary/aromatic N) is 1. The van der Waals surface area contributed by atoms with E-state index >= 15 is 0 Å². The number of nitrogens with one attached hydrogen (secondary N) is 1. The first-order valence-electron chi connectivity index (χ1n) is 6.31. The maximum absolute atomic E-state index is 6.20. The Labute approximate surface area is 122 Å². The van der Waals surface area contributed by atoms with E-state index in [0.29, 0.717) is 5.02 Å². The van der Waals surface area contributed by atoms with E-state index in [1.807, 2.05) is 49.4 Å². The zero-order valence-electron chi connectivity index (χ0n) is 11.0. The van der Waals surface area contributed by atoms with Crippen LogP contribution in [0.15, 0.2) is 48.7 Å². The number of fused-ring (bicyclic) bond motifs is 1. The molecular weight excluding hydrogens is 270 g/mol. The van der Waals surface area contributed by atoms with Crippen LogP contribution in [0.5, 0.6) is 0 Å². The van der Waals surface area contributed by atoms with Crippen LogP contribution in [0.1, 0.15) is 5.56 Å². The number of aromatic nitrogens is 1. The van der Waals surface area contributed by atoms with E-state index in [1.165, 1.54) is 0 Å². The Kier molecular flexibility index (Phi) is 3.20. The molecule has 4 heteroatoms. The van der Waals surface area contributed by atoms with Gasteiger partial charge in [-0.1, -0.05) is 11.6 Å². The minimum atomic E-state index is 0.702. The highest BCUT2D eigenvalue weighted by Gasteiger charge is 2.07. The lowest BCUT2D eigenvalue weighted by molar-refractivity contribution is 1.39. The van der Waals surface area contributed by atoms with E-state index in [-0.39, 0.29) is 0 Å². The van der Waals surface area contributed by atoms with Crippen LogP contribution in [-0.4, -0.2) is 4.98 Å². The maximum Gasteiger partial charge on any atom is 0.0951 e. The molecule has 0 spiro atoms. The molecule has 3 aromatic rings. The third-order valence-electron chi connectivity index (χ3n) is 3.24. The molecule has 0 unspecified atom stereocenters. The van der Waals surface area contributed by atoms with Gasteiger partial charge in [0.2, 0.25) is 0 Å². The number of halogens is 1. The number of rotatable bonds is 2. The number of anilines is 3. The second kappa shape index (κ2) is 5.02. The number of nitrogen functional groups attached to an aromatic ring is 1. The van der Waals surface area contributed by atoms with Crippen LogP contribution in [0.4, 0.5) is 17.1 Å². The summed E-state index contributed by atoms with van der Waals surface area (Å²) in [7, 11) is 0. The molecule has 0 radical (unpaired) electrons. The van der Waals surface area contributed by atoms with Crippen LogP contribution in [0, 0.1) is 6.92 Å². The molecule has 100 valence electrons. The van der Waals surface area contributed by atoms with Gasteiger partial charge in [-0.3, -0.25) is 4.98 Å². The summed E-state index contributed by atoms with van der Waals surface area (Å²) in [4.78, 5) is 4.41. The lowest BCUT2D eigenvalue weighted by Crippen LogP contribution is -1.96. The Morgan fingerprint density at radius 2 is 1.90 bits per heavy atom. The highest BCUT2D eigenvalue weighted by Crippen LogP contribution is 2.31. The van der Waals surface area contributed by atoms with Gasteiger partial charge in [-0.05, 0) is 55.0 Å². The van der Waals surface area contributed by atoms with Gasteiger partial charge in [0.15, 0.2) is 0 Å². The van der Waals surface area contributed by atoms with Crippen molar-refractivity contribution < 1.29 is 0 Å². The molecule has 3 rings (SSSR count). The molecule has 0 bridgehead atoms. The molecule has 2 aromatic carbocycles. The van der Waals surface area contributed by atoms with Gasteiger partial charge < -0.3 is 11.1 Å². The molecule has 1 heterocycles. The fraction of sp³-hybridized carbons (Fsp3) is 0.0625. The Morgan fingerprint density at radius 3 is 2.70 bits per heavy atom. The Bertz CT molecular complexity index is 784. The predicted molar refractivity (Wildman–Crippen MR) is 85.6 cm³/mol. The number of hydrogen-bond acceptors (Lipinski definition) is 3. The second-order valence-corrected chi connectivity index (χ2v) is 5.10. The van der Waals surface area contributed by atoms with Crippen molar-refractivity contribution in [3.05, 3.63) is 59.2 Å². The molecule has 0 aliphatic rings. The predicted octanol–water partition coefficient (Wildman–Crippen LogP) is 4.52. The molecule has 0 saturated heterocycles. The van der Waals surface area contributed by atoms with Crippen LogP contribution in [0.25, 0.3) is 10.9 Å². The summed E-state index contributed by atoms with van der Waals surface area (Å²) in [6.45, 7) is 2.02. The van der Waals surface area contributed by atoms with Crippen LogP contribution in [-0.2, 0) is 0 Å². The fourth-order valence-corrected chi connectivity index (χ4v) is 2.43. The largest absolute Gasteiger partial charge is 0.399 e. The first-order chi connectivity index (χ1) is 9.65. The van der Waals surface area contributed by atoms with E-state index < -0.39 is 0 Å². The number of pyridine rings is 1. The monoisotopic (exact) mass is 283 g/mol. The molecule has 3 nitrogen and oxygen atoms in total. The van der Waals surface area contributed by atoms with Gasteiger partial charge in [0.1, 0.15) is 0 Å². The minimum Gasteiger partial charge on any atom is -0.399 e. The van der Waals surface area contributed by atoms with E-state index in [0.717, 1.165) is 33.5 Å². The van der Waals surface area contributed by atoms with Crippen molar-refractivity contribution in [1.29, 1.82) is 0 Å². The quantitative estimate of drug-likeness (QED) is 0.680. The summed E-state index contributed by atoms with van der Waals surface area (Å²) in [6, 6.07) is 13.4. The van der Waals surface area contributed by atoms with Crippen LogP contribution in [0.2, 0.25) is 5.02 Å². The van der Waals surface area contributed by atoms with Crippen molar-refractivity contribution in [3.8, 4) is 0 Å². The highest BCUT2D eigenvalue weighted by atomic mass is 35.5. The van der Waals surface area contributed by atoms with Crippen LogP contribution in [0.3, 0.4) is 0 Å². The normalized spacial score (nSPS) is 10.7. The first-order valence-corrected chi connectivity index (χ1v) is 6.69.